The number of pyridine rings is 1. The van der Waals surface area contributed by atoms with Gasteiger partial charge in [0.2, 0.25) is 5.91 Å². The molecule has 0 spiro atoms. The Bertz CT molecular complexity index is 735. The predicted molar refractivity (Wildman–Crippen MR) is 100 cm³/mol. The second-order valence-electron chi connectivity index (χ2n) is 6.87. The molecule has 1 unspecified atom stereocenters. The number of carbonyl (C=O) groups is 1. The fourth-order valence-corrected chi connectivity index (χ4v) is 3.28. The van der Waals surface area contributed by atoms with Crippen LogP contribution >= 0.6 is 0 Å². The summed E-state index contributed by atoms with van der Waals surface area (Å²) < 4.78 is 11.8. The first kappa shape index (κ1) is 18.4. The molecule has 1 aromatic heterocycles. The van der Waals surface area contributed by atoms with E-state index in [4.69, 9.17) is 9.47 Å². The zero-order valence-corrected chi connectivity index (χ0v) is 15.5. The molecular formula is C21H26N2O3. The van der Waals surface area contributed by atoms with Gasteiger partial charge in [0.1, 0.15) is 18.0 Å². The summed E-state index contributed by atoms with van der Waals surface area (Å²) in [5.74, 6) is 1.02. The lowest BCUT2D eigenvalue weighted by Gasteiger charge is -2.28. The van der Waals surface area contributed by atoms with Crippen molar-refractivity contribution in [1.29, 1.82) is 0 Å². The topological polar surface area (TPSA) is 51.7 Å². The van der Waals surface area contributed by atoms with Gasteiger partial charge in [-0.3, -0.25) is 9.78 Å². The first-order valence-corrected chi connectivity index (χ1v) is 9.02. The third-order valence-corrected chi connectivity index (χ3v) is 5.04. The van der Waals surface area contributed by atoms with Crippen LogP contribution in [0.2, 0.25) is 0 Å². The number of benzene rings is 1. The Morgan fingerprint density at radius 3 is 2.85 bits per heavy atom. The minimum absolute atomic E-state index is 0.156. The number of carbonyl (C=O) groups excluding carboxylic acids is 1. The number of aromatic nitrogens is 1. The monoisotopic (exact) mass is 354 g/mol. The molecule has 26 heavy (non-hydrogen) atoms. The zero-order valence-electron chi connectivity index (χ0n) is 15.5. The Morgan fingerprint density at radius 1 is 1.27 bits per heavy atom. The van der Waals surface area contributed by atoms with Crippen LogP contribution in [0, 0.1) is 6.92 Å². The fraction of sp³-hybridized carbons (Fsp3) is 0.429. The number of methoxy groups -OCH3 is 1. The lowest BCUT2D eigenvalue weighted by Crippen LogP contribution is -2.42. The predicted octanol–water partition coefficient (Wildman–Crippen LogP) is 3.02. The van der Waals surface area contributed by atoms with Gasteiger partial charge in [-0.25, -0.2) is 0 Å². The Balaban J connectivity index is 1.54. The van der Waals surface area contributed by atoms with Crippen molar-refractivity contribution in [3.05, 3.63) is 59.9 Å². The summed E-state index contributed by atoms with van der Waals surface area (Å²) in [6.07, 6.45) is 5.54. The van der Waals surface area contributed by atoms with E-state index in [2.05, 4.69) is 4.98 Å². The van der Waals surface area contributed by atoms with Gasteiger partial charge in [0.25, 0.3) is 0 Å². The van der Waals surface area contributed by atoms with Gasteiger partial charge in [0, 0.05) is 32.5 Å². The normalized spacial score (nSPS) is 19.5. The summed E-state index contributed by atoms with van der Waals surface area (Å²) in [6, 6.07) is 11.8. The van der Waals surface area contributed by atoms with Crippen LogP contribution in [0.15, 0.2) is 48.8 Å². The molecule has 0 aliphatic carbocycles. The number of amides is 1. The second-order valence-corrected chi connectivity index (χ2v) is 6.87. The molecule has 3 rings (SSSR count). The quantitative estimate of drug-likeness (QED) is 0.767. The maximum absolute atomic E-state index is 12.6. The molecular weight excluding hydrogens is 328 g/mol. The van der Waals surface area contributed by atoms with Gasteiger partial charge < -0.3 is 14.4 Å². The molecule has 1 aliphatic rings. The van der Waals surface area contributed by atoms with Crippen LogP contribution in [-0.4, -0.2) is 48.2 Å². The number of hydrogen-bond donors (Lipinski definition) is 0. The summed E-state index contributed by atoms with van der Waals surface area (Å²) in [7, 11) is 1.70. The van der Waals surface area contributed by atoms with Crippen molar-refractivity contribution >= 4 is 5.91 Å². The maximum Gasteiger partial charge on any atom is 0.223 e. The van der Waals surface area contributed by atoms with E-state index in [-0.39, 0.29) is 5.91 Å². The number of likely N-dealkylation sites (tertiary alicyclic amines) is 1. The van der Waals surface area contributed by atoms with E-state index in [1.54, 1.807) is 13.3 Å². The molecule has 1 saturated heterocycles. The molecule has 5 heteroatoms. The van der Waals surface area contributed by atoms with Crippen molar-refractivity contribution in [2.45, 2.75) is 31.8 Å². The summed E-state index contributed by atoms with van der Waals surface area (Å²) in [5, 5.41) is 0. The van der Waals surface area contributed by atoms with Crippen molar-refractivity contribution in [3.63, 3.8) is 0 Å². The smallest absolute Gasteiger partial charge is 0.223 e. The van der Waals surface area contributed by atoms with Gasteiger partial charge >= 0.3 is 0 Å². The van der Waals surface area contributed by atoms with Gasteiger partial charge in [0.05, 0.1) is 6.54 Å². The van der Waals surface area contributed by atoms with Crippen LogP contribution in [0.1, 0.15) is 24.0 Å². The summed E-state index contributed by atoms with van der Waals surface area (Å²) in [6.45, 7) is 3.75. The lowest BCUT2D eigenvalue weighted by atomic mass is 10.0. The molecule has 0 saturated carbocycles. The Labute approximate surface area is 155 Å². The van der Waals surface area contributed by atoms with E-state index < -0.39 is 5.60 Å². The van der Waals surface area contributed by atoms with Gasteiger partial charge in [-0.1, -0.05) is 24.3 Å². The highest BCUT2D eigenvalue weighted by atomic mass is 16.5. The zero-order chi connectivity index (χ0) is 18.4. The standard InChI is InChI=1S/C21H26N2O3/c1-17-6-3-4-8-19(17)26-16-21(25-2)11-13-23(15-21)20(24)10-9-18-7-5-12-22-14-18/h3-8,12,14H,9-11,13,15-16H2,1-2H3. The molecule has 0 bridgehead atoms. The van der Waals surface area contributed by atoms with Gasteiger partial charge in [-0.2, -0.15) is 0 Å². The molecule has 1 aromatic carbocycles. The summed E-state index contributed by atoms with van der Waals surface area (Å²) in [4.78, 5) is 18.5. The van der Waals surface area contributed by atoms with Crippen LogP contribution in [-0.2, 0) is 16.0 Å². The molecule has 0 radical (unpaired) electrons. The third-order valence-electron chi connectivity index (χ3n) is 5.04. The SMILES string of the molecule is COC1(COc2ccccc2C)CCN(C(=O)CCc2cccnc2)C1. The van der Waals surface area contributed by atoms with Crippen LogP contribution in [0.25, 0.3) is 0 Å². The van der Waals surface area contributed by atoms with Crippen molar-refractivity contribution < 1.29 is 14.3 Å². The molecule has 1 aliphatic heterocycles. The number of nitrogens with zero attached hydrogens (tertiary/aromatic N) is 2. The number of rotatable bonds is 7. The second kappa shape index (κ2) is 8.32. The number of hydrogen-bond acceptors (Lipinski definition) is 4. The molecule has 0 N–H and O–H groups in total. The van der Waals surface area contributed by atoms with Gasteiger partial charge in [0.15, 0.2) is 0 Å². The highest BCUT2D eigenvalue weighted by Gasteiger charge is 2.41. The number of para-hydroxylation sites is 1. The molecule has 1 fully saturated rings. The number of ether oxygens (including phenoxy) is 2. The van der Waals surface area contributed by atoms with Crippen molar-refractivity contribution in [1.82, 2.24) is 9.88 Å². The molecule has 138 valence electrons. The van der Waals surface area contributed by atoms with E-state index in [0.717, 1.165) is 23.3 Å². The Hall–Kier alpha value is -2.40. The Kier molecular flexibility index (Phi) is 5.89. The number of aryl methyl sites for hydroxylation is 2. The van der Waals surface area contributed by atoms with Crippen molar-refractivity contribution in [2.24, 2.45) is 0 Å². The molecule has 2 heterocycles. The lowest BCUT2D eigenvalue weighted by molar-refractivity contribution is -0.131. The Morgan fingerprint density at radius 2 is 2.12 bits per heavy atom. The van der Waals surface area contributed by atoms with E-state index in [1.807, 2.05) is 54.4 Å². The molecule has 1 amide bonds. The van der Waals surface area contributed by atoms with E-state index in [0.29, 0.717) is 32.5 Å². The fourth-order valence-electron chi connectivity index (χ4n) is 3.28. The summed E-state index contributed by atoms with van der Waals surface area (Å²) >= 11 is 0. The maximum atomic E-state index is 12.6. The van der Waals surface area contributed by atoms with Crippen LogP contribution < -0.4 is 4.74 Å². The first-order chi connectivity index (χ1) is 12.6. The summed E-state index contributed by atoms with van der Waals surface area (Å²) in [5.41, 5.74) is 1.74. The van der Waals surface area contributed by atoms with Crippen LogP contribution in [0.4, 0.5) is 0 Å². The highest BCUT2D eigenvalue weighted by Crippen LogP contribution is 2.28. The first-order valence-electron chi connectivity index (χ1n) is 9.02. The van der Waals surface area contributed by atoms with E-state index in [1.165, 1.54) is 0 Å². The largest absolute Gasteiger partial charge is 0.490 e. The van der Waals surface area contributed by atoms with Gasteiger partial charge in [-0.15, -0.1) is 0 Å². The van der Waals surface area contributed by atoms with E-state index >= 15 is 0 Å². The highest BCUT2D eigenvalue weighted by molar-refractivity contribution is 5.77. The third kappa shape index (κ3) is 4.41. The van der Waals surface area contributed by atoms with E-state index in [9.17, 15) is 4.79 Å². The van der Waals surface area contributed by atoms with Crippen molar-refractivity contribution in [2.75, 3.05) is 26.8 Å². The van der Waals surface area contributed by atoms with Crippen LogP contribution in [0.3, 0.4) is 0 Å². The van der Waals surface area contributed by atoms with Crippen molar-refractivity contribution in [3.8, 4) is 5.75 Å². The van der Waals surface area contributed by atoms with Gasteiger partial charge in [-0.05, 0) is 43.0 Å². The molecule has 1 atom stereocenters. The minimum Gasteiger partial charge on any atom is -0.490 e. The molecule has 2 aromatic rings. The van der Waals surface area contributed by atoms with Crippen LogP contribution in [0.5, 0.6) is 5.75 Å². The average Bonchev–Trinajstić information content (AvgIpc) is 3.11. The average molecular weight is 354 g/mol. The minimum atomic E-state index is -0.438. The molecule has 5 nitrogen and oxygen atoms in total.